The van der Waals surface area contributed by atoms with Gasteiger partial charge in [-0.2, -0.15) is 0 Å². The molecule has 0 spiro atoms. The zero-order chi connectivity index (χ0) is 8.97. The van der Waals surface area contributed by atoms with Gasteiger partial charge >= 0.3 is 6.03 Å². The van der Waals surface area contributed by atoms with Crippen LogP contribution in [0.3, 0.4) is 0 Å². The molecule has 70 valence electrons. The highest BCUT2D eigenvalue weighted by molar-refractivity contribution is 5.73. The largest absolute Gasteiger partial charge is 0.341 e. The van der Waals surface area contributed by atoms with Gasteiger partial charge in [0, 0.05) is 26.7 Å². The fourth-order valence-electron chi connectivity index (χ4n) is 1.44. The Bertz CT molecular complexity index is 160. The lowest BCUT2D eigenvalue weighted by Crippen LogP contribution is -2.41. The lowest BCUT2D eigenvalue weighted by molar-refractivity contribution is 0.198. The van der Waals surface area contributed by atoms with E-state index in [0.29, 0.717) is 5.92 Å². The van der Waals surface area contributed by atoms with Crippen LogP contribution in [0.2, 0.25) is 0 Å². The van der Waals surface area contributed by atoms with Crippen molar-refractivity contribution in [2.24, 2.45) is 5.92 Å². The quantitative estimate of drug-likeness (QED) is 0.533. The molecule has 0 aromatic carbocycles. The van der Waals surface area contributed by atoms with Crippen molar-refractivity contribution in [1.29, 1.82) is 0 Å². The van der Waals surface area contributed by atoms with Gasteiger partial charge < -0.3 is 15.5 Å². The number of carbonyl (C=O) groups is 1. The molecule has 4 heteroatoms. The highest BCUT2D eigenvalue weighted by atomic mass is 16.2. The number of nitrogens with zero attached hydrogens (tertiary/aromatic N) is 1. The molecular formula is C8H17N3O. The summed E-state index contributed by atoms with van der Waals surface area (Å²) in [5.74, 6) is 0.546. The maximum absolute atomic E-state index is 11.3. The number of urea groups is 1. The molecule has 1 aliphatic rings. The highest BCUT2D eigenvalue weighted by Gasteiger charge is 2.17. The van der Waals surface area contributed by atoms with Gasteiger partial charge in [0.05, 0.1) is 0 Å². The van der Waals surface area contributed by atoms with E-state index in [4.69, 9.17) is 0 Å². The molecule has 1 atom stereocenters. The maximum Gasteiger partial charge on any atom is 0.317 e. The van der Waals surface area contributed by atoms with E-state index in [0.717, 1.165) is 26.2 Å². The average Bonchev–Trinajstić information content (AvgIpc) is 2.28. The van der Waals surface area contributed by atoms with Gasteiger partial charge in [-0.15, -0.1) is 0 Å². The predicted molar refractivity (Wildman–Crippen MR) is 48.1 cm³/mol. The van der Waals surface area contributed by atoms with Crippen LogP contribution in [0.5, 0.6) is 0 Å². The van der Waals surface area contributed by atoms with E-state index in [1.165, 1.54) is 0 Å². The van der Waals surface area contributed by atoms with Crippen LogP contribution in [0.1, 0.15) is 6.92 Å². The van der Waals surface area contributed by atoms with E-state index >= 15 is 0 Å². The second-order valence-corrected chi connectivity index (χ2v) is 3.31. The van der Waals surface area contributed by atoms with Crippen molar-refractivity contribution in [3.8, 4) is 0 Å². The van der Waals surface area contributed by atoms with Crippen LogP contribution in [-0.4, -0.2) is 44.2 Å². The van der Waals surface area contributed by atoms with Crippen molar-refractivity contribution in [2.75, 3.05) is 33.2 Å². The predicted octanol–water partition coefficient (Wildman–Crippen LogP) is -0.133. The van der Waals surface area contributed by atoms with Crippen LogP contribution in [0.15, 0.2) is 0 Å². The Morgan fingerprint density at radius 3 is 3.08 bits per heavy atom. The first-order valence-electron chi connectivity index (χ1n) is 4.41. The van der Waals surface area contributed by atoms with Gasteiger partial charge in [0.1, 0.15) is 0 Å². The molecule has 0 aromatic rings. The second-order valence-electron chi connectivity index (χ2n) is 3.31. The Balaban J connectivity index is 2.46. The molecule has 1 saturated heterocycles. The fraction of sp³-hybridized carbons (Fsp3) is 0.875. The monoisotopic (exact) mass is 171 g/mol. The molecule has 1 rings (SSSR count). The summed E-state index contributed by atoms with van der Waals surface area (Å²) < 4.78 is 0. The van der Waals surface area contributed by atoms with Gasteiger partial charge in [-0.1, -0.05) is 6.92 Å². The van der Waals surface area contributed by atoms with E-state index < -0.39 is 0 Å². The standard InChI is InChI=1S/C8H17N3O/c1-7-5-10-3-4-11(6-7)8(12)9-2/h7,10H,3-6H2,1-2H3,(H,9,12). The molecule has 0 saturated carbocycles. The van der Waals surface area contributed by atoms with E-state index in [1.807, 2.05) is 4.90 Å². The summed E-state index contributed by atoms with van der Waals surface area (Å²) in [6.45, 7) is 5.72. The van der Waals surface area contributed by atoms with Crippen molar-refractivity contribution in [3.63, 3.8) is 0 Å². The SMILES string of the molecule is CNC(=O)N1CCNCC(C)C1. The molecule has 12 heavy (non-hydrogen) atoms. The van der Waals surface area contributed by atoms with Crippen LogP contribution >= 0.6 is 0 Å². The molecule has 0 aromatic heterocycles. The van der Waals surface area contributed by atoms with Crippen LogP contribution in [0.25, 0.3) is 0 Å². The van der Waals surface area contributed by atoms with Crippen molar-refractivity contribution in [2.45, 2.75) is 6.92 Å². The molecule has 0 aliphatic carbocycles. The molecule has 0 bridgehead atoms. The van der Waals surface area contributed by atoms with Crippen LogP contribution in [0.4, 0.5) is 4.79 Å². The van der Waals surface area contributed by atoms with E-state index in [9.17, 15) is 4.79 Å². The van der Waals surface area contributed by atoms with Crippen LogP contribution < -0.4 is 10.6 Å². The minimum absolute atomic E-state index is 0.0329. The maximum atomic E-state index is 11.3. The second kappa shape index (κ2) is 4.30. The molecule has 4 nitrogen and oxygen atoms in total. The van der Waals surface area contributed by atoms with E-state index in [2.05, 4.69) is 17.6 Å². The van der Waals surface area contributed by atoms with E-state index in [1.54, 1.807) is 7.05 Å². The average molecular weight is 171 g/mol. The van der Waals surface area contributed by atoms with E-state index in [-0.39, 0.29) is 6.03 Å². The minimum Gasteiger partial charge on any atom is -0.341 e. The first-order valence-corrected chi connectivity index (χ1v) is 4.41. The van der Waals surface area contributed by atoms with Crippen molar-refractivity contribution in [1.82, 2.24) is 15.5 Å². The Labute approximate surface area is 73.3 Å². The number of hydrogen-bond acceptors (Lipinski definition) is 2. The zero-order valence-corrected chi connectivity index (χ0v) is 7.76. The summed E-state index contributed by atoms with van der Waals surface area (Å²) in [5.41, 5.74) is 0. The number of hydrogen-bond donors (Lipinski definition) is 2. The first kappa shape index (κ1) is 9.32. The topological polar surface area (TPSA) is 44.4 Å². The summed E-state index contributed by atoms with van der Waals surface area (Å²) in [6, 6.07) is 0.0329. The van der Waals surface area contributed by atoms with Gasteiger partial charge in [0.2, 0.25) is 0 Å². The van der Waals surface area contributed by atoms with Crippen LogP contribution in [-0.2, 0) is 0 Å². The van der Waals surface area contributed by atoms with Crippen molar-refractivity contribution < 1.29 is 4.79 Å². The third kappa shape index (κ3) is 2.37. The summed E-state index contributed by atoms with van der Waals surface area (Å²) in [6.07, 6.45) is 0. The number of nitrogens with one attached hydrogen (secondary N) is 2. The molecule has 1 heterocycles. The lowest BCUT2D eigenvalue weighted by Gasteiger charge is -2.21. The van der Waals surface area contributed by atoms with Crippen molar-refractivity contribution in [3.05, 3.63) is 0 Å². The van der Waals surface area contributed by atoms with Gasteiger partial charge in [-0.3, -0.25) is 0 Å². The summed E-state index contributed by atoms with van der Waals surface area (Å²) in [7, 11) is 1.67. The Morgan fingerprint density at radius 1 is 1.67 bits per heavy atom. The Morgan fingerprint density at radius 2 is 2.42 bits per heavy atom. The van der Waals surface area contributed by atoms with Crippen LogP contribution in [0, 0.1) is 5.92 Å². The summed E-state index contributed by atoms with van der Waals surface area (Å²) in [4.78, 5) is 13.1. The Kier molecular flexibility index (Phi) is 3.34. The Hall–Kier alpha value is -0.770. The number of amides is 2. The fourth-order valence-corrected chi connectivity index (χ4v) is 1.44. The molecule has 1 fully saturated rings. The lowest BCUT2D eigenvalue weighted by atomic mass is 10.2. The minimum atomic E-state index is 0.0329. The third-order valence-corrected chi connectivity index (χ3v) is 2.08. The molecule has 2 amide bonds. The highest BCUT2D eigenvalue weighted by Crippen LogP contribution is 2.01. The third-order valence-electron chi connectivity index (χ3n) is 2.08. The molecule has 0 radical (unpaired) electrons. The molecule has 2 N–H and O–H groups in total. The smallest absolute Gasteiger partial charge is 0.317 e. The summed E-state index contributed by atoms with van der Waals surface area (Å²) in [5, 5.41) is 5.93. The summed E-state index contributed by atoms with van der Waals surface area (Å²) >= 11 is 0. The number of rotatable bonds is 0. The van der Waals surface area contributed by atoms with Gasteiger partial charge in [0.15, 0.2) is 0 Å². The number of carbonyl (C=O) groups excluding carboxylic acids is 1. The zero-order valence-electron chi connectivity index (χ0n) is 7.76. The van der Waals surface area contributed by atoms with Gasteiger partial charge in [0.25, 0.3) is 0 Å². The molecule has 1 unspecified atom stereocenters. The van der Waals surface area contributed by atoms with Gasteiger partial charge in [-0.05, 0) is 12.5 Å². The first-order chi connectivity index (χ1) is 5.74. The molecule has 1 aliphatic heterocycles. The van der Waals surface area contributed by atoms with Crippen molar-refractivity contribution >= 4 is 6.03 Å². The molecular weight excluding hydrogens is 154 g/mol. The van der Waals surface area contributed by atoms with Gasteiger partial charge in [-0.25, -0.2) is 4.79 Å². The normalized spacial score (nSPS) is 24.8.